The van der Waals surface area contributed by atoms with E-state index in [1.807, 2.05) is 0 Å². The largest absolute Gasteiger partial charge is 0.376 e. The van der Waals surface area contributed by atoms with Gasteiger partial charge in [0, 0.05) is 5.92 Å². The number of benzene rings is 1. The van der Waals surface area contributed by atoms with Gasteiger partial charge in [0.2, 0.25) is 0 Å². The number of fused-ring (bicyclic) bond motifs is 3. The summed E-state index contributed by atoms with van der Waals surface area (Å²) in [4.78, 5) is 0. The van der Waals surface area contributed by atoms with Crippen LogP contribution in [0.4, 0.5) is 0 Å². The molecular formula is C14H16O. The van der Waals surface area contributed by atoms with Crippen molar-refractivity contribution in [2.75, 3.05) is 6.61 Å². The summed E-state index contributed by atoms with van der Waals surface area (Å²) in [7, 11) is 0. The van der Waals surface area contributed by atoms with E-state index in [1.54, 1.807) is 0 Å². The highest BCUT2D eigenvalue weighted by Crippen LogP contribution is 2.34. The van der Waals surface area contributed by atoms with Gasteiger partial charge in [-0.3, -0.25) is 0 Å². The van der Waals surface area contributed by atoms with Crippen molar-refractivity contribution in [1.29, 1.82) is 0 Å². The number of aryl methyl sites for hydroxylation is 1. The van der Waals surface area contributed by atoms with Crippen molar-refractivity contribution in [3.63, 3.8) is 0 Å². The summed E-state index contributed by atoms with van der Waals surface area (Å²) in [6.07, 6.45) is 6.99. The molecule has 1 atom stereocenters. The zero-order valence-corrected chi connectivity index (χ0v) is 9.12. The lowest BCUT2D eigenvalue weighted by molar-refractivity contribution is 0.0949. The van der Waals surface area contributed by atoms with E-state index in [4.69, 9.17) is 4.74 Å². The molecule has 0 amide bonds. The third-order valence-corrected chi connectivity index (χ3v) is 3.45. The molecule has 0 fully saturated rings. The molecule has 15 heavy (non-hydrogen) atoms. The fourth-order valence-corrected chi connectivity index (χ4v) is 2.72. The second kappa shape index (κ2) is 3.49. The fourth-order valence-electron chi connectivity index (χ4n) is 2.72. The van der Waals surface area contributed by atoms with Crippen LogP contribution in [0, 0.1) is 0 Å². The van der Waals surface area contributed by atoms with Gasteiger partial charge < -0.3 is 4.74 Å². The monoisotopic (exact) mass is 200 g/mol. The van der Waals surface area contributed by atoms with Crippen LogP contribution in [-0.2, 0) is 17.8 Å². The topological polar surface area (TPSA) is 9.23 Å². The molecule has 0 bridgehead atoms. The summed E-state index contributed by atoms with van der Waals surface area (Å²) in [5, 5.41) is 0. The molecular weight excluding hydrogens is 184 g/mol. The zero-order valence-electron chi connectivity index (χ0n) is 9.12. The Morgan fingerprint density at radius 2 is 2.13 bits per heavy atom. The quantitative estimate of drug-likeness (QED) is 0.624. The van der Waals surface area contributed by atoms with Crippen molar-refractivity contribution < 1.29 is 4.74 Å². The minimum absolute atomic E-state index is 0.548. The predicted octanol–water partition coefficient (Wildman–Crippen LogP) is 3.28. The van der Waals surface area contributed by atoms with Crippen molar-refractivity contribution in [1.82, 2.24) is 0 Å². The molecule has 1 heteroatoms. The SMILES string of the molecule is CC1COCc2ccc3c(c21)C=CCC3. The lowest BCUT2D eigenvalue weighted by Crippen LogP contribution is -2.17. The summed E-state index contributed by atoms with van der Waals surface area (Å²) in [5.74, 6) is 0.548. The molecule has 0 saturated carbocycles. The van der Waals surface area contributed by atoms with Crippen LogP contribution in [0.25, 0.3) is 6.08 Å². The summed E-state index contributed by atoms with van der Waals surface area (Å²) in [5.41, 5.74) is 5.92. The van der Waals surface area contributed by atoms with Crippen LogP contribution in [0.5, 0.6) is 0 Å². The second-order valence-electron chi connectivity index (χ2n) is 4.57. The Morgan fingerprint density at radius 3 is 3.07 bits per heavy atom. The minimum Gasteiger partial charge on any atom is -0.376 e. The normalized spacial score (nSPS) is 23.4. The van der Waals surface area contributed by atoms with Gasteiger partial charge in [0.15, 0.2) is 0 Å². The van der Waals surface area contributed by atoms with Crippen LogP contribution >= 0.6 is 0 Å². The van der Waals surface area contributed by atoms with Crippen molar-refractivity contribution >= 4 is 6.08 Å². The maximum Gasteiger partial charge on any atom is 0.0720 e. The van der Waals surface area contributed by atoms with Crippen LogP contribution in [0.3, 0.4) is 0 Å². The van der Waals surface area contributed by atoms with Crippen LogP contribution in [-0.4, -0.2) is 6.61 Å². The fraction of sp³-hybridized carbons (Fsp3) is 0.429. The van der Waals surface area contributed by atoms with E-state index in [-0.39, 0.29) is 0 Å². The Bertz CT molecular complexity index is 418. The van der Waals surface area contributed by atoms with Crippen LogP contribution in [0.1, 0.15) is 41.5 Å². The average Bonchev–Trinajstić information content (AvgIpc) is 2.29. The van der Waals surface area contributed by atoms with Gasteiger partial charge in [-0.15, -0.1) is 0 Å². The smallest absolute Gasteiger partial charge is 0.0720 e. The minimum atomic E-state index is 0.548. The van der Waals surface area contributed by atoms with Gasteiger partial charge >= 0.3 is 0 Å². The van der Waals surface area contributed by atoms with Gasteiger partial charge in [-0.1, -0.05) is 31.2 Å². The molecule has 1 heterocycles. The number of allylic oxidation sites excluding steroid dienone is 1. The van der Waals surface area contributed by atoms with Gasteiger partial charge in [0.05, 0.1) is 13.2 Å². The first-order valence-corrected chi connectivity index (χ1v) is 5.75. The van der Waals surface area contributed by atoms with Gasteiger partial charge in [-0.2, -0.15) is 0 Å². The van der Waals surface area contributed by atoms with E-state index < -0.39 is 0 Å². The maximum absolute atomic E-state index is 5.58. The molecule has 1 aromatic rings. The van der Waals surface area contributed by atoms with Gasteiger partial charge in [-0.05, 0) is 35.1 Å². The van der Waals surface area contributed by atoms with Crippen molar-refractivity contribution in [2.24, 2.45) is 0 Å². The summed E-state index contributed by atoms with van der Waals surface area (Å²) < 4.78 is 5.58. The van der Waals surface area contributed by atoms with Gasteiger partial charge in [0.25, 0.3) is 0 Å². The molecule has 0 spiro atoms. The lowest BCUT2D eigenvalue weighted by Gasteiger charge is -2.27. The molecule has 0 aromatic heterocycles. The standard InChI is InChI=1S/C14H16O/c1-10-8-15-9-12-7-6-11-4-2-3-5-13(11)14(10)12/h3,5-7,10H,2,4,8-9H2,1H3. The summed E-state index contributed by atoms with van der Waals surface area (Å²) >= 11 is 0. The molecule has 0 radical (unpaired) electrons. The highest BCUT2D eigenvalue weighted by Gasteiger charge is 2.21. The first-order valence-electron chi connectivity index (χ1n) is 5.75. The Hall–Kier alpha value is -1.08. The maximum atomic E-state index is 5.58. The number of hydrogen-bond acceptors (Lipinski definition) is 1. The van der Waals surface area contributed by atoms with E-state index in [0.29, 0.717) is 5.92 Å². The van der Waals surface area contributed by atoms with Crippen molar-refractivity contribution in [3.05, 3.63) is 40.5 Å². The van der Waals surface area contributed by atoms with Gasteiger partial charge in [0.1, 0.15) is 0 Å². The summed E-state index contributed by atoms with van der Waals surface area (Å²) in [6, 6.07) is 4.53. The van der Waals surface area contributed by atoms with Crippen LogP contribution < -0.4 is 0 Å². The van der Waals surface area contributed by atoms with E-state index in [0.717, 1.165) is 13.2 Å². The number of rotatable bonds is 0. The lowest BCUT2D eigenvalue weighted by atomic mass is 9.84. The molecule has 1 aliphatic carbocycles. The molecule has 1 unspecified atom stereocenters. The molecule has 1 aliphatic heterocycles. The van der Waals surface area contributed by atoms with Crippen LogP contribution in [0.15, 0.2) is 18.2 Å². The molecule has 0 N–H and O–H groups in total. The molecule has 2 aliphatic rings. The molecule has 1 nitrogen and oxygen atoms in total. The van der Waals surface area contributed by atoms with E-state index in [1.165, 1.54) is 35.1 Å². The zero-order chi connectivity index (χ0) is 10.3. The molecule has 1 aromatic carbocycles. The highest BCUT2D eigenvalue weighted by molar-refractivity contribution is 5.63. The average molecular weight is 200 g/mol. The molecule has 78 valence electrons. The Kier molecular flexibility index (Phi) is 2.14. The summed E-state index contributed by atoms with van der Waals surface area (Å²) in [6.45, 7) is 3.93. The third kappa shape index (κ3) is 1.42. The Morgan fingerprint density at radius 1 is 1.27 bits per heavy atom. The van der Waals surface area contributed by atoms with Crippen LogP contribution in [0.2, 0.25) is 0 Å². The Balaban J connectivity index is 2.21. The number of ether oxygens (including phenoxy) is 1. The van der Waals surface area contributed by atoms with Gasteiger partial charge in [-0.25, -0.2) is 0 Å². The molecule has 0 saturated heterocycles. The van der Waals surface area contributed by atoms with E-state index in [2.05, 4.69) is 31.2 Å². The van der Waals surface area contributed by atoms with Crippen molar-refractivity contribution in [2.45, 2.75) is 32.3 Å². The van der Waals surface area contributed by atoms with E-state index >= 15 is 0 Å². The first kappa shape index (κ1) is 9.17. The predicted molar refractivity (Wildman–Crippen MR) is 61.9 cm³/mol. The second-order valence-corrected chi connectivity index (χ2v) is 4.57. The third-order valence-electron chi connectivity index (χ3n) is 3.45. The van der Waals surface area contributed by atoms with Crippen molar-refractivity contribution in [3.8, 4) is 0 Å². The molecule has 3 rings (SSSR count). The highest BCUT2D eigenvalue weighted by atomic mass is 16.5. The number of hydrogen-bond donors (Lipinski definition) is 0. The van der Waals surface area contributed by atoms with E-state index in [9.17, 15) is 0 Å². The first-order chi connectivity index (χ1) is 7.36. The Labute approximate surface area is 90.8 Å².